The largest absolute Gasteiger partial charge is 0.456 e. The average molecular weight is 614 g/mol. The number of furan rings is 1. The fourth-order valence-corrected chi connectivity index (χ4v) is 6.84. The number of nitrogens with zero attached hydrogens (tertiary/aromatic N) is 1. The molecule has 0 aliphatic carbocycles. The Morgan fingerprint density at radius 2 is 0.896 bits per heavy atom. The highest BCUT2D eigenvalue weighted by Gasteiger charge is 2.18. The third kappa shape index (κ3) is 5.01. The van der Waals surface area contributed by atoms with Crippen molar-refractivity contribution >= 4 is 49.8 Å². The number of benzene rings is 8. The molecular weight excluding hydrogens is 583 g/mol. The summed E-state index contributed by atoms with van der Waals surface area (Å²) < 4.78 is 6.22. The molecule has 0 aliphatic heterocycles. The van der Waals surface area contributed by atoms with Crippen LogP contribution in [0.4, 0.5) is 17.1 Å². The van der Waals surface area contributed by atoms with E-state index in [4.69, 9.17) is 4.42 Å². The van der Waals surface area contributed by atoms with Crippen LogP contribution in [0, 0.1) is 0 Å². The van der Waals surface area contributed by atoms with Crippen LogP contribution in [-0.2, 0) is 0 Å². The highest BCUT2D eigenvalue weighted by atomic mass is 16.3. The molecule has 2 heteroatoms. The summed E-state index contributed by atoms with van der Waals surface area (Å²) in [6, 6.07) is 67.0. The summed E-state index contributed by atoms with van der Waals surface area (Å²) in [6.45, 7) is 0. The zero-order chi connectivity index (χ0) is 31.9. The van der Waals surface area contributed by atoms with Gasteiger partial charge in [0, 0.05) is 27.7 Å². The van der Waals surface area contributed by atoms with Gasteiger partial charge in [-0.25, -0.2) is 0 Å². The second-order valence-corrected chi connectivity index (χ2v) is 12.2. The monoisotopic (exact) mass is 613 g/mol. The Labute approximate surface area is 279 Å². The minimum absolute atomic E-state index is 0.911. The van der Waals surface area contributed by atoms with Crippen molar-refractivity contribution in [3.05, 3.63) is 188 Å². The van der Waals surface area contributed by atoms with Gasteiger partial charge in [0.2, 0.25) is 0 Å². The van der Waals surface area contributed by atoms with E-state index in [2.05, 4.69) is 181 Å². The van der Waals surface area contributed by atoms with E-state index in [0.717, 1.165) is 44.4 Å². The lowest BCUT2D eigenvalue weighted by Crippen LogP contribution is -2.11. The SMILES string of the molecule is c1ccc(-c2ccc(-c3ccccc3N(c3ccc(-c4ccccc4)cc3)c3ccc4cc5oc6ccccc6c5cc4c3)cc2)cc1. The number of fused-ring (bicyclic) bond motifs is 4. The summed E-state index contributed by atoms with van der Waals surface area (Å²) >= 11 is 0. The maximum Gasteiger partial charge on any atom is 0.136 e. The first-order chi connectivity index (χ1) is 23.8. The van der Waals surface area contributed by atoms with Crippen molar-refractivity contribution in [2.75, 3.05) is 4.90 Å². The number of rotatable bonds is 6. The molecule has 0 unspecified atom stereocenters. The summed E-state index contributed by atoms with van der Waals surface area (Å²) in [5.74, 6) is 0. The highest BCUT2D eigenvalue weighted by Crippen LogP contribution is 2.43. The smallest absolute Gasteiger partial charge is 0.136 e. The van der Waals surface area contributed by atoms with Crippen LogP contribution in [0.25, 0.3) is 66.1 Å². The standard InChI is InChI=1S/C46H31NO/c1-3-11-32(12-4-1)34-19-21-36(22-20-34)41-15-7-9-17-44(41)47(39-26-23-35(24-27-39)33-13-5-2-6-14-33)40-28-25-37-31-46-43(30-38(37)29-40)42-16-8-10-18-45(42)48-46/h1-31H. The first-order valence-corrected chi connectivity index (χ1v) is 16.3. The second-order valence-electron chi connectivity index (χ2n) is 12.2. The molecule has 1 heterocycles. The molecule has 9 aromatic rings. The fourth-order valence-electron chi connectivity index (χ4n) is 6.84. The van der Waals surface area contributed by atoms with Crippen LogP contribution in [0.1, 0.15) is 0 Å². The van der Waals surface area contributed by atoms with E-state index in [9.17, 15) is 0 Å². The van der Waals surface area contributed by atoms with E-state index in [0.29, 0.717) is 0 Å². The van der Waals surface area contributed by atoms with Crippen LogP contribution in [0.2, 0.25) is 0 Å². The molecular formula is C46H31NO. The van der Waals surface area contributed by atoms with Crippen molar-refractivity contribution in [3.8, 4) is 33.4 Å². The van der Waals surface area contributed by atoms with E-state index in [1.165, 1.54) is 38.8 Å². The molecule has 0 amide bonds. The van der Waals surface area contributed by atoms with E-state index in [-0.39, 0.29) is 0 Å². The Hall–Kier alpha value is -6.38. The number of para-hydroxylation sites is 2. The van der Waals surface area contributed by atoms with Gasteiger partial charge in [-0.15, -0.1) is 0 Å². The van der Waals surface area contributed by atoms with Crippen molar-refractivity contribution < 1.29 is 4.42 Å². The van der Waals surface area contributed by atoms with Gasteiger partial charge in [0.05, 0.1) is 5.69 Å². The first kappa shape index (κ1) is 27.9. The summed E-state index contributed by atoms with van der Waals surface area (Å²) in [4.78, 5) is 2.38. The fraction of sp³-hybridized carbons (Fsp3) is 0. The number of anilines is 3. The number of hydrogen-bond donors (Lipinski definition) is 0. The van der Waals surface area contributed by atoms with Crippen molar-refractivity contribution in [3.63, 3.8) is 0 Å². The molecule has 0 saturated carbocycles. The van der Waals surface area contributed by atoms with Gasteiger partial charge in [0.25, 0.3) is 0 Å². The Kier molecular flexibility index (Phi) is 6.84. The Morgan fingerprint density at radius 3 is 1.62 bits per heavy atom. The highest BCUT2D eigenvalue weighted by molar-refractivity contribution is 6.10. The Bertz CT molecular complexity index is 2530. The molecule has 0 spiro atoms. The van der Waals surface area contributed by atoms with Crippen molar-refractivity contribution in [1.29, 1.82) is 0 Å². The molecule has 226 valence electrons. The first-order valence-electron chi connectivity index (χ1n) is 16.3. The van der Waals surface area contributed by atoms with Gasteiger partial charge >= 0.3 is 0 Å². The second kappa shape index (κ2) is 11.8. The van der Waals surface area contributed by atoms with Gasteiger partial charge < -0.3 is 9.32 Å². The molecule has 8 aromatic carbocycles. The summed E-state index contributed by atoms with van der Waals surface area (Å²) in [6.07, 6.45) is 0. The van der Waals surface area contributed by atoms with Crippen LogP contribution >= 0.6 is 0 Å². The normalized spacial score (nSPS) is 11.3. The molecule has 0 aliphatic rings. The zero-order valence-electron chi connectivity index (χ0n) is 26.3. The topological polar surface area (TPSA) is 16.4 Å². The zero-order valence-corrected chi connectivity index (χ0v) is 26.3. The molecule has 0 fully saturated rings. The molecule has 2 nitrogen and oxygen atoms in total. The van der Waals surface area contributed by atoms with Gasteiger partial charge in [0.15, 0.2) is 0 Å². The predicted molar refractivity (Wildman–Crippen MR) is 202 cm³/mol. The van der Waals surface area contributed by atoms with Gasteiger partial charge in [-0.2, -0.15) is 0 Å². The van der Waals surface area contributed by atoms with Crippen molar-refractivity contribution in [2.45, 2.75) is 0 Å². The molecule has 1 aromatic heterocycles. The molecule has 0 bridgehead atoms. The van der Waals surface area contributed by atoms with Crippen LogP contribution in [0.3, 0.4) is 0 Å². The molecule has 0 radical (unpaired) electrons. The van der Waals surface area contributed by atoms with Gasteiger partial charge in [-0.05, 0) is 87.1 Å². The van der Waals surface area contributed by atoms with Crippen molar-refractivity contribution in [1.82, 2.24) is 0 Å². The molecule has 0 atom stereocenters. The van der Waals surface area contributed by atoms with Gasteiger partial charge in [0.1, 0.15) is 11.2 Å². The molecule has 48 heavy (non-hydrogen) atoms. The van der Waals surface area contributed by atoms with Crippen LogP contribution in [0.5, 0.6) is 0 Å². The van der Waals surface area contributed by atoms with E-state index in [1.54, 1.807) is 0 Å². The molecule has 0 N–H and O–H groups in total. The Balaban J connectivity index is 1.20. The van der Waals surface area contributed by atoms with Gasteiger partial charge in [-0.3, -0.25) is 0 Å². The summed E-state index contributed by atoms with van der Waals surface area (Å²) in [5.41, 5.74) is 12.3. The maximum atomic E-state index is 6.22. The molecule has 9 rings (SSSR count). The lowest BCUT2D eigenvalue weighted by Gasteiger charge is -2.28. The Morgan fingerprint density at radius 1 is 0.333 bits per heavy atom. The van der Waals surface area contributed by atoms with E-state index >= 15 is 0 Å². The van der Waals surface area contributed by atoms with E-state index < -0.39 is 0 Å². The predicted octanol–water partition coefficient (Wildman–Crippen LogP) is 13.2. The lowest BCUT2D eigenvalue weighted by molar-refractivity contribution is 0.669. The third-order valence-electron chi connectivity index (χ3n) is 9.26. The van der Waals surface area contributed by atoms with Gasteiger partial charge in [-0.1, -0.05) is 140 Å². The van der Waals surface area contributed by atoms with E-state index in [1.807, 2.05) is 12.1 Å². The van der Waals surface area contributed by atoms with Crippen LogP contribution < -0.4 is 4.90 Å². The third-order valence-corrected chi connectivity index (χ3v) is 9.26. The minimum Gasteiger partial charge on any atom is -0.456 e. The van der Waals surface area contributed by atoms with Crippen LogP contribution in [0.15, 0.2) is 192 Å². The maximum absolute atomic E-state index is 6.22. The van der Waals surface area contributed by atoms with Crippen molar-refractivity contribution in [2.24, 2.45) is 0 Å². The molecule has 0 saturated heterocycles. The summed E-state index contributed by atoms with van der Waals surface area (Å²) in [7, 11) is 0. The lowest BCUT2D eigenvalue weighted by atomic mass is 9.98. The quantitative estimate of drug-likeness (QED) is 0.185. The number of hydrogen-bond acceptors (Lipinski definition) is 2. The van der Waals surface area contributed by atoms with Crippen LogP contribution in [-0.4, -0.2) is 0 Å². The average Bonchev–Trinajstić information content (AvgIpc) is 3.52. The minimum atomic E-state index is 0.911. The summed E-state index contributed by atoms with van der Waals surface area (Å²) in [5, 5.41) is 4.59.